The lowest BCUT2D eigenvalue weighted by Gasteiger charge is -2.46. The van der Waals surface area contributed by atoms with Crippen LogP contribution in [0.3, 0.4) is 0 Å². The quantitative estimate of drug-likeness (QED) is 0.461. The van der Waals surface area contributed by atoms with E-state index in [1.54, 1.807) is 31.2 Å². The number of benzene rings is 2. The van der Waals surface area contributed by atoms with Crippen LogP contribution in [0.15, 0.2) is 60.7 Å². The van der Waals surface area contributed by atoms with Crippen molar-refractivity contribution in [3.05, 3.63) is 71.8 Å². The Labute approximate surface area is 147 Å². The SMILES string of the molecule is CCO[C@H](C)O[C@@H]1C(=O)N(C(=O)c2ccccc2)[C@@H]1c1ccccc1. The van der Waals surface area contributed by atoms with Crippen molar-refractivity contribution >= 4 is 11.8 Å². The van der Waals surface area contributed by atoms with Gasteiger partial charge in [0.1, 0.15) is 6.04 Å². The molecule has 1 fully saturated rings. The van der Waals surface area contributed by atoms with Crippen LogP contribution in [0.5, 0.6) is 0 Å². The molecule has 2 aromatic rings. The number of hydrogen-bond acceptors (Lipinski definition) is 4. The first-order chi connectivity index (χ1) is 12.1. The van der Waals surface area contributed by atoms with Gasteiger partial charge in [-0.05, 0) is 31.5 Å². The summed E-state index contributed by atoms with van der Waals surface area (Å²) < 4.78 is 11.1. The van der Waals surface area contributed by atoms with Crippen LogP contribution in [-0.2, 0) is 14.3 Å². The fourth-order valence-electron chi connectivity index (χ4n) is 3.00. The molecule has 0 unspecified atom stereocenters. The van der Waals surface area contributed by atoms with E-state index < -0.39 is 18.4 Å². The summed E-state index contributed by atoms with van der Waals surface area (Å²) >= 11 is 0. The van der Waals surface area contributed by atoms with Crippen molar-refractivity contribution < 1.29 is 19.1 Å². The molecule has 2 aromatic carbocycles. The number of nitrogens with zero attached hydrogens (tertiary/aromatic N) is 1. The Morgan fingerprint density at radius 3 is 2.28 bits per heavy atom. The summed E-state index contributed by atoms with van der Waals surface area (Å²) in [5.74, 6) is -0.655. The molecular weight excluding hydrogens is 318 g/mol. The lowest BCUT2D eigenvalue weighted by Crippen LogP contribution is -2.62. The van der Waals surface area contributed by atoms with E-state index >= 15 is 0 Å². The zero-order chi connectivity index (χ0) is 17.8. The number of rotatable bonds is 6. The standard InChI is InChI=1S/C20H21NO4/c1-3-24-14(2)25-18-17(15-10-6-4-7-11-15)21(20(18)23)19(22)16-12-8-5-9-13-16/h4-14,17-18H,3H2,1-2H3/t14-,17+,18-/m0/s1. The number of ether oxygens (including phenoxy) is 2. The van der Waals surface area contributed by atoms with E-state index in [1.807, 2.05) is 43.3 Å². The molecule has 0 bridgehead atoms. The molecule has 130 valence electrons. The Morgan fingerprint density at radius 2 is 1.68 bits per heavy atom. The Kier molecular flexibility index (Phi) is 5.26. The van der Waals surface area contributed by atoms with Crippen molar-refractivity contribution in [1.82, 2.24) is 4.90 Å². The predicted octanol–water partition coefficient (Wildman–Crippen LogP) is 3.18. The molecule has 5 nitrogen and oxygen atoms in total. The molecule has 1 aliphatic heterocycles. The van der Waals surface area contributed by atoms with Gasteiger partial charge in [0.15, 0.2) is 12.4 Å². The molecule has 1 aliphatic rings. The van der Waals surface area contributed by atoms with Crippen LogP contribution in [0, 0.1) is 0 Å². The first-order valence-corrected chi connectivity index (χ1v) is 8.38. The second-order valence-corrected chi connectivity index (χ2v) is 5.81. The summed E-state index contributed by atoms with van der Waals surface area (Å²) in [4.78, 5) is 26.7. The average molecular weight is 339 g/mol. The van der Waals surface area contributed by atoms with E-state index in [0.717, 1.165) is 5.56 Å². The molecule has 1 saturated heterocycles. The highest BCUT2D eigenvalue weighted by atomic mass is 16.7. The summed E-state index contributed by atoms with van der Waals surface area (Å²) in [5.41, 5.74) is 1.34. The van der Waals surface area contributed by atoms with Crippen molar-refractivity contribution in [1.29, 1.82) is 0 Å². The van der Waals surface area contributed by atoms with Crippen LogP contribution >= 0.6 is 0 Å². The predicted molar refractivity (Wildman–Crippen MR) is 92.8 cm³/mol. The number of likely N-dealkylation sites (tertiary alicyclic amines) is 1. The Morgan fingerprint density at radius 1 is 1.08 bits per heavy atom. The number of imide groups is 1. The smallest absolute Gasteiger partial charge is 0.261 e. The third-order valence-corrected chi connectivity index (χ3v) is 4.17. The maximum atomic E-state index is 12.8. The fraction of sp³-hybridized carbons (Fsp3) is 0.300. The first kappa shape index (κ1) is 17.3. The molecule has 3 rings (SSSR count). The zero-order valence-corrected chi connectivity index (χ0v) is 14.3. The van der Waals surface area contributed by atoms with Gasteiger partial charge in [0.2, 0.25) is 0 Å². The first-order valence-electron chi connectivity index (χ1n) is 8.38. The number of hydrogen-bond donors (Lipinski definition) is 0. The van der Waals surface area contributed by atoms with Crippen molar-refractivity contribution in [3.63, 3.8) is 0 Å². The van der Waals surface area contributed by atoms with E-state index in [4.69, 9.17) is 9.47 Å². The highest BCUT2D eigenvalue weighted by molar-refractivity contribution is 6.10. The van der Waals surface area contributed by atoms with Crippen LogP contribution in [0.4, 0.5) is 0 Å². The van der Waals surface area contributed by atoms with E-state index in [9.17, 15) is 9.59 Å². The van der Waals surface area contributed by atoms with Gasteiger partial charge in [0, 0.05) is 12.2 Å². The molecule has 0 aliphatic carbocycles. The topological polar surface area (TPSA) is 55.8 Å². The molecule has 0 saturated carbocycles. The molecule has 2 amide bonds. The lowest BCUT2D eigenvalue weighted by atomic mass is 9.89. The third-order valence-electron chi connectivity index (χ3n) is 4.17. The minimum Gasteiger partial charge on any atom is -0.353 e. The van der Waals surface area contributed by atoms with Gasteiger partial charge in [0.05, 0.1) is 0 Å². The van der Waals surface area contributed by atoms with Gasteiger partial charge in [-0.25, -0.2) is 0 Å². The molecule has 1 heterocycles. The van der Waals surface area contributed by atoms with Crippen LogP contribution in [-0.4, -0.2) is 35.7 Å². The van der Waals surface area contributed by atoms with Crippen LogP contribution in [0.2, 0.25) is 0 Å². The maximum absolute atomic E-state index is 12.8. The van der Waals surface area contributed by atoms with Crippen molar-refractivity contribution in [3.8, 4) is 0 Å². The number of β-lactam (4-membered cyclic amide) rings is 1. The van der Waals surface area contributed by atoms with Crippen LogP contribution < -0.4 is 0 Å². The van der Waals surface area contributed by atoms with Crippen LogP contribution in [0.25, 0.3) is 0 Å². The van der Waals surface area contributed by atoms with Gasteiger partial charge in [-0.2, -0.15) is 0 Å². The average Bonchev–Trinajstić information content (AvgIpc) is 2.65. The molecule has 25 heavy (non-hydrogen) atoms. The van der Waals surface area contributed by atoms with Crippen LogP contribution in [0.1, 0.15) is 35.8 Å². The summed E-state index contributed by atoms with van der Waals surface area (Å²) in [6.45, 7) is 4.10. The Bertz CT molecular complexity index is 732. The highest BCUT2D eigenvalue weighted by Crippen LogP contribution is 2.38. The van der Waals surface area contributed by atoms with Gasteiger partial charge in [-0.15, -0.1) is 0 Å². The highest BCUT2D eigenvalue weighted by Gasteiger charge is 2.53. The van der Waals surface area contributed by atoms with Gasteiger partial charge in [0.25, 0.3) is 11.8 Å². The lowest BCUT2D eigenvalue weighted by molar-refractivity contribution is -0.209. The van der Waals surface area contributed by atoms with Crippen molar-refractivity contribution in [2.45, 2.75) is 32.3 Å². The molecule has 0 aromatic heterocycles. The van der Waals surface area contributed by atoms with Gasteiger partial charge >= 0.3 is 0 Å². The molecule has 0 N–H and O–H groups in total. The Hall–Kier alpha value is -2.50. The summed E-state index contributed by atoms with van der Waals surface area (Å²) in [7, 11) is 0. The second-order valence-electron chi connectivity index (χ2n) is 5.81. The minimum atomic E-state index is -0.725. The van der Waals surface area contributed by atoms with E-state index in [2.05, 4.69) is 0 Å². The molecule has 3 atom stereocenters. The Balaban J connectivity index is 1.87. The fourth-order valence-corrected chi connectivity index (χ4v) is 3.00. The van der Waals surface area contributed by atoms with Crippen molar-refractivity contribution in [2.75, 3.05) is 6.61 Å². The van der Waals surface area contributed by atoms with E-state index in [-0.39, 0.29) is 11.8 Å². The number of carbonyl (C=O) groups excluding carboxylic acids is 2. The third kappa shape index (κ3) is 3.48. The normalized spacial score (nSPS) is 20.9. The van der Waals surface area contributed by atoms with Gasteiger partial charge in [-0.1, -0.05) is 48.5 Å². The summed E-state index contributed by atoms with van der Waals surface area (Å²) in [6, 6.07) is 17.8. The monoisotopic (exact) mass is 339 g/mol. The van der Waals surface area contributed by atoms with Gasteiger partial charge < -0.3 is 9.47 Å². The maximum Gasteiger partial charge on any atom is 0.261 e. The van der Waals surface area contributed by atoms with Crippen molar-refractivity contribution in [2.24, 2.45) is 0 Å². The summed E-state index contributed by atoms with van der Waals surface area (Å²) in [6.07, 6.45) is -1.24. The second kappa shape index (κ2) is 7.59. The largest absolute Gasteiger partial charge is 0.353 e. The van der Waals surface area contributed by atoms with E-state index in [0.29, 0.717) is 12.2 Å². The summed E-state index contributed by atoms with van der Waals surface area (Å²) in [5, 5.41) is 0. The number of carbonyl (C=O) groups is 2. The molecule has 5 heteroatoms. The molecule has 0 radical (unpaired) electrons. The molecular formula is C20H21NO4. The van der Waals surface area contributed by atoms with E-state index in [1.165, 1.54) is 4.90 Å². The zero-order valence-electron chi connectivity index (χ0n) is 14.3. The minimum absolute atomic E-state index is 0.316. The van der Waals surface area contributed by atoms with Gasteiger partial charge in [-0.3, -0.25) is 14.5 Å². The molecule has 0 spiro atoms. The number of amides is 2.